The lowest BCUT2D eigenvalue weighted by Gasteiger charge is -2.36. The molecule has 2 rings (SSSR count). The molecule has 1 N–H and O–H groups in total. The van der Waals surface area contributed by atoms with Crippen molar-refractivity contribution in [3.63, 3.8) is 0 Å². The van der Waals surface area contributed by atoms with E-state index >= 15 is 0 Å². The van der Waals surface area contributed by atoms with Gasteiger partial charge in [-0.2, -0.15) is 13.2 Å². The van der Waals surface area contributed by atoms with Gasteiger partial charge in [-0.25, -0.2) is 0 Å². The fraction of sp³-hybridized carbons (Fsp3) is 0.538. The molecule has 1 aliphatic heterocycles. The van der Waals surface area contributed by atoms with Gasteiger partial charge in [-0.05, 0) is 18.2 Å². The van der Waals surface area contributed by atoms with Gasteiger partial charge in [0.1, 0.15) is 11.8 Å². The summed E-state index contributed by atoms with van der Waals surface area (Å²) in [6.07, 6.45) is -4.38. The second-order valence-electron chi connectivity index (χ2n) is 4.62. The first kappa shape index (κ1) is 21.6. The number of alkyl halides is 3. The van der Waals surface area contributed by atoms with Gasteiger partial charge in [-0.3, -0.25) is 4.90 Å². The molecule has 0 spiro atoms. The number of nitrogens with zero attached hydrogens (tertiary/aromatic N) is 1. The number of rotatable bonds is 3. The molecule has 1 heterocycles. The number of hydrogen-bond acceptors (Lipinski definition) is 3. The molecule has 22 heavy (non-hydrogen) atoms. The first-order chi connectivity index (χ1) is 9.43. The van der Waals surface area contributed by atoms with Crippen LogP contribution in [0.5, 0.6) is 5.75 Å². The maximum atomic E-state index is 13.5. The Hall–Kier alpha value is -0.400. The van der Waals surface area contributed by atoms with E-state index in [1.807, 2.05) is 0 Å². The second-order valence-corrected chi connectivity index (χ2v) is 5.05. The van der Waals surface area contributed by atoms with Gasteiger partial charge >= 0.3 is 6.18 Å². The van der Waals surface area contributed by atoms with Crippen molar-refractivity contribution >= 4 is 36.4 Å². The fourth-order valence-corrected chi connectivity index (χ4v) is 2.62. The minimum atomic E-state index is -4.38. The summed E-state index contributed by atoms with van der Waals surface area (Å²) >= 11 is 5.85. The molecule has 0 aromatic heterocycles. The third-order valence-corrected chi connectivity index (χ3v) is 3.55. The lowest BCUT2D eigenvalue weighted by molar-refractivity contribution is -0.188. The zero-order chi connectivity index (χ0) is 14.8. The summed E-state index contributed by atoms with van der Waals surface area (Å²) in [4.78, 5) is 1.41. The number of nitrogens with one attached hydrogen (secondary N) is 1. The molecule has 9 heteroatoms. The first-order valence-corrected chi connectivity index (χ1v) is 6.66. The van der Waals surface area contributed by atoms with Crippen LogP contribution >= 0.6 is 36.4 Å². The van der Waals surface area contributed by atoms with E-state index in [0.29, 0.717) is 26.2 Å². The summed E-state index contributed by atoms with van der Waals surface area (Å²) in [6, 6.07) is 2.63. The minimum absolute atomic E-state index is 0. The Balaban J connectivity index is 0.00000220. The molecule has 128 valence electrons. The van der Waals surface area contributed by atoms with Crippen LogP contribution in [0.25, 0.3) is 0 Å². The van der Waals surface area contributed by atoms with E-state index in [2.05, 4.69) is 5.32 Å². The monoisotopic (exact) mass is 380 g/mol. The van der Waals surface area contributed by atoms with Crippen molar-refractivity contribution < 1.29 is 17.9 Å². The SMILES string of the molecule is COc1ccc(Cl)cc1[C@H](N1CCNCC1)C(F)(F)F.Cl.Cl. The summed E-state index contributed by atoms with van der Waals surface area (Å²) in [5.74, 6) is 0.204. The third-order valence-electron chi connectivity index (χ3n) is 3.31. The van der Waals surface area contributed by atoms with Gasteiger partial charge in [0, 0.05) is 36.8 Å². The van der Waals surface area contributed by atoms with E-state index in [0.717, 1.165) is 0 Å². The van der Waals surface area contributed by atoms with E-state index in [9.17, 15) is 13.2 Å². The van der Waals surface area contributed by atoms with Crippen molar-refractivity contribution in [1.82, 2.24) is 10.2 Å². The molecule has 0 amide bonds. The topological polar surface area (TPSA) is 24.5 Å². The van der Waals surface area contributed by atoms with Crippen LogP contribution < -0.4 is 10.1 Å². The molecule has 0 bridgehead atoms. The number of halogens is 6. The zero-order valence-corrected chi connectivity index (χ0v) is 14.2. The lowest BCUT2D eigenvalue weighted by Crippen LogP contribution is -2.49. The summed E-state index contributed by atoms with van der Waals surface area (Å²) in [5, 5.41) is 3.31. The quantitative estimate of drug-likeness (QED) is 0.864. The zero-order valence-electron chi connectivity index (χ0n) is 11.8. The molecular formula is C13H18Cl3F3N2O. The molecule has 0 aliphatic carbocycles. The molecule has 0 radical (unpaired) electrons. The molecule has 1 atom stereocenters. The number of methoxy groups -OCH3 is 1. The molecule has 3 nitrogen and oxygen atoms in total. The summed E-state index contributed by atoms with van der Waals surface area (Å²) in [5.41, 5.74) is 0.0643. The highest BCUT2D eigenvalue weighted by Crippen LogP contribution is 2.42. The maximum Gasteiger partial charge on any atom is 0.408 e. The largest absolute Gasteiger partial charge is 0.496 e. The molecule has 0 unspecified atom stereocenters. The van der Waals surface area contributed by atoms with Crippen molar-refractivity contribution in [3.8, 4) is 5.75 Å². The Morgan fingerprint density at radius 2 is 1.82 bits per heavy atom. The van der Waals surface area contributed by atoms with Gasteiger partial charge in [-0.15, -0.1) is 24.8 Å². The number of ether oxygens (including phenoxy) is 1. The highest BCUT2D eigenvalue weighted by molar-refractivity contribution is 6.30. The van der Waals surface area contributed by atoms with Crippen molar-refractivity contribution in [2.75, 3.05) is 33.3 Å². The van der Waals surface area contributed by atoms with Crippen LogP contribution in [-0.4, -0.2) is 44.4 Å². The molecule has 0 saturated carbocycles. The summed E-state index contributed by atoms with van der Waals surface area (Å²) in [6.45, 7) is 1.74. The molecule has 1 saturated heterocycles. The standard InChI is InChI=1S/C13H16ClF3N2O.2ClH/c1-20-11-3-2-9(14)8-10(11)12(13(15,16)17)19-6-4-18-5-7-19;;/h2-3,8,12,18H,4-7H2,1H3;2*1H/t12-;;/m0../s1. The maximum absolute atomic E-state index is 13.5. The van der Waals surface area contributed by atoms with Gasteiger partial charge in [0.15, 0.2) is 0 Å². The van der Waals surface area contributed by atoms with E-state index in [-0.39, 0.29) is 41.1 Å². The highest BCUT2D eigenvalue weighted by Gasteiger charge is 2.46. The molecule has 1 aliphatic rings. The minimum Gasteiger partial charge on any atom is -0.496 e. The highest BCUT2D eigenvalue weighted by atomic mass is 35.5. The van der Waals surface area contributed by atoms with Crippen LogP contribution in [-0.2, 0) is 0 Å². The normalized spacial score (nSPS) is 17.1. The summed E-state index contributed by atoms with van der Waals surface area (Å²) in [7, 11) is 1.36. The van der Waals surface area contributed by atoms with E-state index in [1.54, 1.807) is 0 Å². The lowest BCUT2D eigenvalue weighted by atomic mass is 10.0. The van der Waals surface area contributed by atoms with Crippen molar-refractivity contribution in [3.05, 3.63) is 28.8 Å². The van der Waals surface area contributed by atoms with Crippen molar-refractivity contribution in [1.29, 1.82) is 0 Å². The molecule has 1 aromatic rings. The van der Waals surface area contributed by atoms with Crippen molar-refractivity contribution in [2.24, 2.45) is 0 Å². The van der Waals surface area contributed by atoms with Crippen LogP contribution in [0, 0.1) is 0 Å². The van der Waals surface area contributed by atoms with Crippen LogP contribution in [0.3, 0.4) is 0 Å². The van der Waals surface area contributed by atoms with Crippen LogP contribution in [0.2, 0.25) is 5.02 Å². The Bertz CT molecular complexity index is 468. The fourth-order valence-electron chi connectivity index (χ4n) is 2.44. The Kier molecular flexibility index (Phi) is 8.87. The predicted octanol–water partition coefficient (Wildman–Crippen LogP) is 3.70. The first-order valence-electron chi connectivity index (χ1n) is 6.28. The number of benzene rings is 1. The van der Waals surface area contributed by atoms with Crippen LogP contribution in [0.1, 0.15) is 11.6 Å². The van der Waals surface area contributed by atoms with Crippen molar-refractivity contribution in [2.45, 2.75) is 12.2 Å². The average Bonchev–Trinajstić information content (AvgIpc) is 2.39. The Morgan fingerprint density at radius 1 is 1.23 bits per heavy atom. The Labute approximate surface area is 145 Å². The van der Waals surface area contributed by atoms with E-state index in [1.165, 1.54) is 30.2 Å². The smallest absolute Gasteiger partial charge is 0.408 e. The average molecular weight is 382 g/mol. The third kappa shape index (κ3) is 5.06. The van der Waals surface area contributed by atoms with Gasteiger partial charge in [-0.1, -0.05) is 11.6 Å². The molecule has 1 aromatic carbocycles. The van der Waals surface area contributed by atoms with Gasteiger partial charge in [0.2, 0.25) is 0 Å². The van der Waals surface area contributed by atoms with Crippen LogP contribution in [0.4, 0.5) is 13.2 Å². The predicted molar refractivity (Wildman–Crippen MR) is 85.7 cm³/mol. The van der Waals surface area contributed by atoms with Gasteiger partial charge in [0.05, 0.1) is 7.11 Å². The second kappa shape index (κ2) is 9.03. The van der Waals surface area contributed by atoms with Crippen LogP contribution in [0.15, 0.2) is 18.2 Å². The van der Waals surface area contributed by atoms with Gasteiger partial charge < -0.3 is 10.1 Å². The number of hydrogen-bond donors (Lipinski definition) is 1. The van der Waals surface area contributed by atoms with E-state index < -0.39 is 12.2 Å². The van der Waals surface area contributed by atoms with E-state index in [4.69, 9.17) is 16.3 Å². The Morgan fingerprint density at radius 3 is 2.32 bits per heavy atom. The van der Waals surface area contributed by atoms with Gasteiger partial charge in [0.25, 0.3) is 0 Å². The summed E-state index contributed by atoms with van der Waals surface area (Å²) < 4.78 is 45.5. The molecule has 1 fully saturated rings. The number of piperazine rings is 1. The molecular weight excluding hydrogens is 364 g/mol.